The van der Waals surface area contributed by atoms with Crippen molar-refractivity contribution in [1.29, 1.82) is 0 Å². The number of unbranched alkanes of at least 4 members (excludes halogenated alkanes) is 14. The number of hydrogen-bond donors (Lipinski definition) is 0. The van der Waals surface area contributed by atoms with Gasteiger partial charge in [-0.15, -0.1) is 10.2 Å². The van der Waals surface area contributed by atoms with Crippen LogP contribution in [0.1, 0.15) is 117 Å². The molecule has 0 N–H and O–H groups in total. The summed E-state index contributed by atoms with van der Waals surface area (Å²) < 4.78 is 18.1. The maximum atomic E-state index is 6.15. The highest BCUT2D eigenvalue weighted by molar-refractivity contribution is 5.83. The first kappa shape index (κ1) is 41.5. The molecule has 7 aromatic rings. The van der Waals surface area contributed by atoms with Crippen molar-refractivity contribution >= 4 is 22.1 Å². The lowest BCUT2D eigenvalue weighted by Crippen LogP contribution is -1.97. The Labute approximate surface area is 349 Å². The zero-order chi connectivity index (χ0) is 40.5. The number of nitrogens with zero attached hydrogens (tertiary/aromatic N) is 6. The Morgan fingerprint density at radius 3 is 1.19 bits per heavy atom. The SMILES string of the molecule is CCCCCCCCCCOc1ccc(-c2cnc3cc(-c4nnc(-c5ccc6nc(-c7ccc(OCCCCCCCCCC)cc7)cnc6c5)o4)ccc3n2)cc1. The lowest BCUT2D eigenvalue weighted by Gasteiger charge is -2.08. The van der Waals surface area contributed by atoms with Crippen LogP contribution in [0.15, 0.2) is 102 Å². The summed E-state index contributed by atoms with van der Waals surface area (Å²) in [5.74, 6) is 2.57. The quantitative estimate of drug-likeness (QED) is 0.0553. The molecule has 9 heteroatoms. The fourth-order valence-corrected chi connectivity index (χ4v) is 7.32. The van der Waals surface area contributed by atoms with Crippen molar-refractivity contribution in [2.24, 2.45) is 0 Å². The second kappa shape index (κ2) is 21.9. The molecule has 9 nitrogen and oxygen atoms in total. The molecular weight excluding hydrogens is 733 g/mol. The van der Waals surface area contributed by atoms with Crippen LogP contribution in [-0.2, 0) is 0 Å². The third kappa shape index (κ3) is 11.9. The van der Waals surface area contributed by atoms with Gasteiger partial charge in [-0.2, -0.15) is 0 Å². The highest BCUT2D eigenvalue weighted by Gasteiger charge is 2.14. The number of rotatable bonds is 24. The van der Waals surface area contributed by atoms with Crippen molar-refractivity contribution in [3.8, 4) is 56.9 Å². The van der Waals surface area contributed by atoms with Crippen LogP contribution in [0.25, 0.3) is 67.5 Å². The van der Waals surface area contributed by atoms with Crippen molar-refractivity contribution in [3.63, 3.8) is 0 Å². The van der Waals surface area contributed by atoms with Gasteiger partial charge in [-0.1, -0.05) is 104 Å². The third-order valence-electron chi connectivity index (χ3n) is 10.8. The van der Waals surface area contributed by atoms with Crippen molar-refractivity contribution in [1.82, 2.24) is 30.1 Å². The maximum Gasteiger partial charge on any atom is 0.248 e. The van der Waals surface area contributed by atoms with E-state index in [0.29, 0.717) is 11.8 Å². The second-order valence-corrected chi connectivity index (χ2v) is 15.5. The minimum Gasteiger partial charge on any atom is -0.494 e. The van der Waals surface area contributed by atoms with Gasteiger partial charge < -0.3 is 13.9 Å². The number of ether oxygens (including phenoxy) is 2. The zero-order valence-corrected chi connectivity index (χ0v) is 34.9. The molecular formula is C50H58N6O3. The number of benzene rings is 4. The lowest BCUT2D eigenvalue weighted by atomic mass is 10.1. The fraction of sp³-hybridized carbons (Fsp3) is 0.400. The molecule has 0 unspecified atom stereocenters. The van der Waals surface area contributed by atoms with Gasteiger partial charge in [0.15, 0.2) is 0 Å². The minimum absolute atomic E-state index is 0.405. The van der Waals surface area contributed by atoms with E-state index in [0.717, 1.165) is 93.3 Å². The van der Waals surface area contributed by atoms with E-state index in [2.05, 4.69) is 24.0 Å². The van der Waals surface area contributed by atoms with E-state index in [9.17, 15) is 0 Å². The molecule has 0 atom stereocenters. The molecule has 59 heavy (non-hydrogen) atoms. The summed E-state index contributed by atoms with van der Waals surface area (Å²) in [6, 6.07) is 27.8. The summed E-state index contributed by atoms with van der Waals surface area (Å²) in [5, 5.41) is 8.71. The highest BCUT2D eigenvalue weighted by atomic mass is 16.5. The van der Waals surface area contributed by atoms with Gasteiger partial charge in [0.25, 0.3) is 0 Å². The van der Waals surface area contributed by atoms with Crippen molar-refractivity contribution < 1.29 is 13.9 Å². The molecule has 306 valence electrons. The molecule has 0 aliphatic heterocycles. The minimum atomic E-state index is 0.405. The molecule has 0 bridgehead atoms. The predicted molar refractivity (Wildman–Crippen MR) is 238 cm³/mol. The first-order valence-electron chi connectivity index (χ1n) is 22.0. The number of hydrogen-bond acceptors (Lipinski definition) is 9. The molecule has 0 aliphatic rings. The van der Waals surface area contributed by atoms with Crippen LogP contribution in [0, 0.1) is 0 Å². The van der Waals surface area contributed by atoms with Crippen LogP contribution in [0.5, 0.6) is 11.5 Å². The molecule has 0 spiro atoms. The van der Waals surface area contributed by atoms with E-state index in [1.54, 1.807) is 12.4 Å². The summed E-state index contributed by atoms with van der Waals surface area (Å²) in [4.78, 5) is 19.2. The normalized spacial score (nSPS) is 11.4. The largest absolute Gasteiger partial charge is 0.494 e. The smallest absolute Gasteiger partial charge is 0.248 e. The molecule has 0 fully saturated rings. The van der Waals surface area contributed by atoms with Crippen LogP contribution in [0.3, 0.4) is 0 Å². The molecule has 4 aromatic carbocycles. The van der Waals surface area contributed by atoms with Gasteiger partial charge >= 0.3 is 0 Å². The standard InChI is InChI=1S/C50H58N6O3/c1-3-5-7-9-11-13-15-17-31-57-41-25-19-37(20-26-41)47-35-51-45-33-39(23-29-43(45)53-47)49-55-56-50(59-49)40-24-30-44-46(34-40)52-36-48(54-44)38-21-27-42(28-22-38)58-32-18-16-14-12-10-8-6-4-2/h19-30,33-36H,3-18,31-32H2,1-2H3. The number of fused-ring (bicyclic) bond motifs is 2. The average molecular weight is 791 g/mol. The van der Waals surface area contributed by atoms with Crippen LogP contribution in [0.2, 0.25) is 0 Å². The molecule has 0 radical (unpaired) electrons. The molecule has 3 aromatic heterocycles. The van der Waals surface area contributed by atoms with Gasteiger partial charge in [0.1, 0.15) is 11.5 Å². The molecule has 0 saturated heterocycles. The molecule has 3 heterocycles. The lowest BCUT2D eigenvalue weighted by molar-refractivity contribution is 0.304. The van der Waals surface area contributed by atoms with Crippen LogP contribution in [-0.4, -0.2) is 43.3 Å². The molecule has 0 saturated carbocycles. The third-order valence-corrected chi connectivity index (χ3v) is 10.8. The van der Waals surface area contributed by atoms with E-state index in [1.807, 2.05) is 84.9 Å². The number of aromatic nitrogens is 6. The Kier molecular flexibility index (Phi) is 15.4. The Bertz CT molecular complexity index is 2180. The monoisotopic (exact) mass is 790 g/mol. The summed E-state index contributed by atoms with van der Waals surface area (Å²) in [6.45, 7) is 6.02. The van der Waals surface area contributed by atoms with E-state index in [4.69, 9.17) is 33.8 Å². The Morgan fingerprint density at radius 2 is 0.780 bits per heavy atom. The first-order chi connectivity index (χ1) is 29.2. The van der Waals surface area contributed by atoms with E-state index < -0.39 is 0 Å². The summed E-state index contributed by atoms with van der Waals surface area (Å²) >= 11 is 0. The summed E-state index contributed by atoms with van der Waals surface area (Å²) in [7, 11) is 0. The fourth-order valence-electron chi connectivity index (χ4n) is 7.32. The zero-order valence-electron chi connectivity index (χ0n) is 34.9. The maximum absolute atomic E-state index is 6.15. The van der Waals surface area contributed by atoms with Gasteiger partial charge in [0.2, 0.25) is 11.8 Å². The average Bonchev–Trinajstić information content (AvgIpc) is 3.78. The molecule has 7 rings (SSSR count). The van der Waals surface area contributed by atoms with E-state index in [1.165, 1.54) is 89.9 Å². The van der Waals surface area contributed by atoms with E-state index in [-0.39, 0.29) is 0 Å². The Balaban J connectivity index is 0.906. The Morgan fingerprint density at radius 1 is 0.407 bits per heavy atom. The first-order valence-corrected chi connectivity index (χ1v) is 22.0. The highest BCUT2D eigenvalue weighted by Crippen LogP contribution is 2.30. The van der Waals surface area contributed by atoms with Crippen molar-refractivity contribution in [2.45, 2.75) is 117 Å². The predicted octanol–water partition coefficient (Wildman–Crippen LogP) is 13.7. The van der Waals surface area contributed by atoms with Crippen LogP contribution < -0.4 is 9.47 Å². The summed E-state index contributed by atoms with van der Waals surface area (Å²) in [5.41, 5.74) is 8.18. The Hall–Kier alpha value is -5.70. The van der Waals surface area contributed by atoms with Gasteiger partial charge in [0.05, 0.1) is 59.1 Å². The van der Waals surface area contributed by atoms with Gasteiger partial charge in [-0.25, -0.2) is 9.97 Å². The molecule has 0 aliphatic carbocycles. The van der Waals surface area contributed by atoms with Gasteiger partial charge in [0, 0.05) is 22.3 Å². The van der Waals surface area contributed by atoms with Crippen LogP contribution in [0.4, 0.5) is 0 Å². The van der Waals surface area contributed by atoms with Gasteiger partial charge in [-0.3, -0.25) is 9.97 Å². The van der Waals surface area contributed by atoms with Crippen molar-refractivity contribution in [2.75, 3.05) is 13.2 Å². The van der Waals surface area contributed by atoms with Crippen molar-refractivity contribution in [3.05, 3.63) is 97.3 Å². The van der Waals surface area contributed by atoms with E-state index >= 15 is 0 Å². The topological polar surface area (TPSA) is 109 Å². The summed E-state index contributed by atoms with van der Waals surface area (Å²) in [6.07, 6.45) is 24.2. The van der Waals surface area contributed by atoms with Crippen LogP contribution >= 0.6 is 0 Å². The second-order valence-electron chi connectivity index (χ2n) is 15.5. The van der Waals surface area contributed by atoms with Gasteiger partial charge in [-0.05, 0) is 97.8 Å². The molecule has 0 amide bonds.